The second kappa shape index (κ2) is 3.94. The number of aromatic nitrogens is 1. The standard InChI is InChI=1S/C13H9BrN2S/c14-10-4-2-1-3-9(10)12-16-11(7-17-12)13(8-15)5-6-13/h1-4,7H,5-6H2. The van der Waals surface area contributed by atoms with Gasteiger partial charge in [0.15, 0.2) is 0 Å². The molecule has 0 bridgehead atoms. The molecule has 2 aromatic rings. The van der Waals surface area contributed by atoms with E-state index < -0.39 is 0 Å². The molecule has 2 nitrogen and oxygen atoms in total. The zero-order chi connectivity index (χ0) is 11.9. The van der Waals surface area contributed by atoms with Crippen LogP contribution in [0.5, 0.6) is 0 Å². The van der Waals surface area contributed by atoms with Gasteiger partial charge in [-0.05, 0) is 18.9 Å². The van der Waals surface area contributed by atoms with E-state index in [0.29, 0.717) is 0 Å². The first-order valence-corrected chi connectivity index (χ1v) is 7.05. The lowest BCUT2D eigenvalue weighted by atomic mass is 10.1. The molecule has 0 amide bonds. The average molecular weight is 305 g/mol. The van der Waals surface area contributed by atoms with Crippen molar-refractivity contribution in [1.29, 1.82) is 5.26 Å². The van der Waals surface area contributed by atoms with Crippen LogP contribution in [0.3, 0.4) is 0 Å². The molecule has 0 unspecified atom stereocenters. The molecule has 1 aliphatic carbocycles. The Morgan fingerprint density at radius 1 is 1.35 bits per heavy atom. The second-order valence-electron chi connectivity index (χ2n) is 4.21. The van der Waals surface area contributed by atoms with Crippen molar-refractivity contribution in [2.45, 2.75) is 18.3 Å². The summed E-state index contributed by atoms with van der Waals surface area (Å²) in [4.78, 5) is 4.61. The molecule has 0 spiro atoms. The molecule has 1 heterocycles. The van der Waals surface area contributed by atoms with Gasteiger partial charge in [0, 0.05) is 15.4 Å². The Labute approximate surface area is 112 Å². The fourth-order valence-electron chi connectivity index (χ4n) is 1.80. The molecule has 0 aliphatic heterocycles. The van der Waals surface area contributed by atoms with Gasteiger partial charge in [-0.1, -0.05) is 34.1 Å². The number of thiazole rings is 1. The fraction of sp³-hybridized carbons (Fsp3) is 0.231. The zero-order valence-corrected chi connectivity index (χ0v) is 11.4. The summed E-state index contributed by atoms with van der Waals surface area (Å²) in [5.41, 5.74) is 1.75. The number of rotatable bonds is 2. The van der Waals surface area contributed by atoms with Crippen LogP contribution in [0.4, 0.5) is 0 Å². The SMILES string of the molecule is N#CC1(c2csc(-c3ccccc3Br)n2)CC1. The third-order valence-corrected chi connectivity index (χ3v) is 4.63. The molecule has 84 valence electrons. The van der Waals surface area contributed by atoms with Crippen LogP contribution < -0.4 is 0 Å². The predicted molar refractivity (Wildman–Crippen MR) is 71.8 cm³/mol. The minimum absolute atomic E-state index is 0.282. The van der Waals surface area contributed by atoms with Crippen LogP contribution in [0.1, 0.15) is 18.5 Å². The van der Waals surface area contributed by atoms with Crippen molar-refractivity contribution < 1.29 is 0 Å². The van der Waals surface area contributed by atoms with Gasteiger partial charge in [0.25, 0.3) is 0 Å². The molecular weight excluding hydrogens is 296 g/mol. The maximum Gasteiger partial charge on any atom is 0.124 e. The first kappa shape index (κ1) is 10.9. The highest BCUT2D eigenvalue weighted by Crippen LogP contribution is 2.48. The van der Waals surface area contributed by atoms with Crippen LogP contribution >= 0.6 is 27.3 Å². The maximum atomic E-state index is 9.15. The van der Waals surface area contributed by atoms with Crippen molar-refractivity contribution in [2.24, 2.45) is 0 Å². The summed E-state index contributed by atoms with van der Waals surface area (Å²) in [5.74, 6) is 0. The maximum absolute atomic E-state index is 9.15. The van der Waals surface area contributed by atoms with Crippen molar-refractivity contribution in [2.75, 3.05) is 0 Å². The summed E-state index contributed by atoms with van der Waals surface area (Å²) >= 11 is 5.13. The van der Waals surface area contributed by atoms with Gasteiger partial charge in [0.05, 0.1) is 11.8 Å². The highest BCUT2D eigenvalue weighted by atomic mass is 79.9. The van der Waals surface area contributed by atoms with Gasteiger partial charge >= 0.3 is 0 Å². The molecule has 0 saturated heterocycles. The zero-order valence-electron chi connectivity index (χ0n) is 8.98. The van der Waals surface area contributed by atoms with Crippen molar-refractivity contribution in [3.63, 3.8) is 0 Å². The van der Waals surface area contributed by atoms with Gasteiger partial charge in [0.2, 0.25) is 0 Å². The Balaban J connectivity index is 2.02. The van der Waals surface area contributed by atoms with Gasteiger partial charge in [0.1, 0.15) is 10.4 Å². The van der Waals surface area contributed by atoms with E-state index in [1.165, 1.54) is 0 Å². The lowest BCUT2D eigenvalue weighted by molar-refractivity contribution is 0.868. The van der Waals surface area contributed by atoms with E-state index in [0.717, 1.165) is 33.6 Å². The van der Waals surface area contributed by atoms with Crippen LogP contribution in [0.2, 0.25) is 0 Å². The van der Waals surface area contributed by atoms with Crippen molar-refractivity contribution in [1.82, 2.24) is 4.98 Å². The Bertz CT molecular complexity index is 608. The van der Waals surface area contributed by atoms with E-state index in [1.54, 1.807) is 11.3 Å². The number of benzene rings is 1. The molecule has 1 aromatic carbocycles. The highest BCUT2D eigenvalue weighted by molar-refractivity contribution is 9.10. The number of hydrogen-bond donors (Lipinski definition) is 0. The molecule has 1 saturated carbocycles. The van der Waals surface area contributed by atoms with Crippen molar-refractivity contribution in [3.05, 3.63) is 39.8 Å². The summed E-state index contributed by atoms with van der Waals surface area (Å²) in [6, 6.07) is 10.4. The molecule has 3 rings (SSSR count). The number of nitriles is 1. The number of nitrogens with zero attached hydrogens (tertiary/aromatic N) is 2. The average Bonchev–Trinajstić information content (AvgIpc) is 3.00. The number of hydrogen-bond acceptors (Lipinski definition) is 3. The quantitative estimate of drug-likeness (QED) is 0.836. The lowest BCUT2D eigenvalue weighted by Gasteiger charge is -2.00. The third-order valence-electron chi connectivity index (χ3n) is 3.06. The predicted octanol–water partition coefficient (Wildman–Crippen LogP) is 4.13. The van der Waals surface area contributed by atoms with E-state index in [2.05, 4.69) is 27.0 Å². The molecule has 1 aliphatic rings. The largest absolute Gasteiger partial charge is 0.239 e. The molecule has 1 fully saturated rings. The third kappa shape index (κ3) is 1.80. The smallest absolute Gasteiger partial charge is 0.124 e. The molecule has 0 radical (unpaired) electrons. The summed E-state index contributed by atoms with van der Waals surface area (Å²) < 4.78 is 1.04. The topological polar surface area (TPSA) is 36.7 Å². The molecule has 17 heavy (non-hydrogen) atoms. The summed E-state index contributed by atoms with van der Waals surface area (Å²) in [5, 5.41) is 12.1. The van der Waals surface area contributed by atoms with Gasteiger partial charge in [-0.25, -0.2) is 4.98 Å². The minimum atomic E-state index is -0.282. The molecule has 1 aromatic heterocycles. The van der Waals surface area contributed by atoms with Crippen LogP contribution in [0.25, 0.3) is 10.6 Å². The van der Waals surface area contributed by atoms with Gasteiger partial charge < -0.3 is 0 Å². The van der Waals surface area contributed by atoms with Crippen LogP contribution in [0.15, 0.2) is 34.1 Å². The Hall–Kier alpha value is -1.18. The fourth-order valence-corrected chi connectivity index (χ4v) is 3.36. The summed E-state index contributed by atoms with van der Waals surface area (Å²) in [6.07, 6.45) is 1.89. The molecule has 4 heteroatoms. The van der Waals surface area contributed by atoms with E-state index in [1.807, 2.05) is 29.6 Å². The van der Waals surface area contributed by atoms with E-state index in [9.17, 15) is 0 Å². The molecule has 0 N–H and O–H groups in total. The first-order chi connectivity index (χ1) is 8.25. The lowest BCUT2D eigenvalue weighted by Crippen LogP contribution is -2.02. The van der Waals surface area contributed by atoms with Crippen molar-refractivity contribution in [3.8, 4) is 16.6 Å². The first-order valence-electron chi connectivity index (χ1n) is 5.37. The Morgan fingerprint density at radius 2 is 2.12 bits per heavy atom. The van der Waals surface area contributed by atoms with Gasteiger partial charge in [-0.3, -0.25) is 0 Å². The van der Waals surface area contributed by atoms with Gasteiger partial charge in [-0.15, -0.1) is 11.3 Å². The summed E-state index contributed by atoms with van der Waals surface area (Å²) in [7, 11) is 0. The normalized spacial score (nSPS) is 16.5. The van der Waals surface area contributed by atoms with Crippen LogP contribution in [-0.2, 0) is 5.41 Å². The van der Waals surface area contributed by atoms with E-state index in [4.69, 9.17) is 5.26 Å². The Kier molecular flexibility index (Phi) is 2.53. The Morgan fingerprint density at radius 3 is 2.76 bits per heavy atom. The monoisotopic (exact) mass is 304 g/mol. The highest BCUT2D eigenvalue weighted by Gasteiger charge is 2.47. The second-order valence-corrected chi connectivity index (χ2v) is 5.92. The van der Waals surface area contributed by atoms with Gasteiger partial charge in [-0.2, -0.15) is 5.26 Å². The van der Waals surface area contributed by atoms with Crippen molar-refractivity contribution >= 4 is 27.3 Å². The van der Waals surface area contributed by atoms with Crippen LogP contribution in [0, 0.1) is 11.3 Å². The number of halogens is 1. The molecular formula is C13H9BrN2S. The molecule has 0 atom stereocenters. The summed E-state index contributed by atoms with van der Waals surface area (Å²) in [6.45, 7) is 0. The minimum Gasteiger partial charge on any atom is -0.239 e. The van der Waals surface area contributed by atoms with E-state index >= 15 is 0 Å². The van der Waals surface area contributed by atoms with E-state index in [-0.39, 0.29) is 5.41 Å². The van der Waals surface area contributed by atoms with Crippen LogP contribution in [-0.4, -0.2) is 4.98 Å².